The summed E-state index contributed by atoms with van der Waals surface area (Å²) >= 11 is 5.71. The monoisotopic (exact) mass is 394 g/mol. The first-order valence-corrected chi connectivity index (χ1v) is 8.36. The molecule has 27 heavy (non-hydrogen) atoms. The molecule has 2 amide bonds. The molecular formula is C19H20ClFN2O4. The summed E-state index contributed by atoms with van der Waals surface area (Å²) in [5, 5.41) is 5.11. The van der Waals surface area contributed by atoms with Crippen LogP contribution >= 0.6 is 11.6 Å². The Morgan fingerprint density at radius 3 is 2.26 bits per heavy atom. The average Bonchev–Trinajstić information content (AvgIpc) is 2.64. The molecule has 6 nitrogen and oxygen atoms in total. The van der Waals surface area contributed by atoms with Gasteiger partial charge in [-0.1, -0.05) is 11.6 Å². The maximum Gasteiger partial charge on any atom is 0.239 e. The van der Waals surface area contributed by atoms with E-state index in [2.05, 4.69) is 10.6 Å². The zero-order valence-electron chi connectivity index (χ0n) is 15.4. The Morgan fingerprint density at radius 1 is 1.00 bits per heavy atom. The Hall–Kier alpha value is -2.80. The van der Waals surface area contributed by atoms with Crippen LogP contribution in [-0.4, -0.2) is 26.0 Å². The summed E-state index contributed by atoms with van der Waals surface area (Å²) in [5.74, 6) is -0.791. The van der Waals surface area contributed by atoms with Crippen molar-refractivity contribution in [3.05, 3.63) is 47.2 Å². The summed E-state index contributed by atoms with van der Waals surface area (Å²) in [7, 11) is 2.96. The Morgan fingerprint density at radius 2 is 1.67 bits per heavy atom. The van der Waals surface area contributed by atoms with Crippen LogP contribution < -0.4 is 20.1 Å². The predicted molar refractivity (Wildman–Crippen MR) is 102 cm³/mol. The second kappa shape index (κ2) is 8.26. The van der Waals surface area contributed by atoms with Gasteiger partial charge < -0.3 is 20.1 Å². The van der Waals surface area contributed by atoms with Crippen molar-refractivity contribution in [2.45, 2.75) is 13.8 Å². The Kier molecular flexibility index (Phi) is 6.28. The molecule has 2 aromatic rings. The molecule has 8 heteroatoms. The highest BCUT2D eigenvalue weighted by molar-refractivity contribution is 6.31. The lowest BCUT2D eigenvalue weighted by atomic mass is 9.90. The van der Waals surface area contributed by atoms with Crippen molar-refractivity contribution < 1.29 is 23.5 Å². The molecule has 0 saturated heterocycles. The molecule has 0 unspecified atom stereocenters. The fraction of sp³-hybridized carbons (Fsp3) is 0.263. The zero-order chi connectivity index (χ0) is 20.2. The number of hydrogen-bond donors (Lipinski definition) is 2. The van der Waals surface area contributed by atoms with E-state index in [0.29, 0.717) is 17.2 Å². The molecule has 0 fully saturated rings. The number of rotatable bonds is 6. The van der Waals surface area contributed by atoms with Gasteiger partial charge in [0.25, 0.3) is 0 Å². The fourth-order valence-electron chi connectivity index (χ4n) is 2.15. The molecule has 0 aliphatic carbocycles. The maximum absolute atomic E-state index is 13.2. The molecule has 0 spiro atoms. The largest absolute Gasteiger partial charge is 0.497 e. The van der Waals surface area contributed by atoms with Crippen LogP contribution in [0, 0.1) is 11.2 Å². The molecule has 0 aromatic heterocycles. The van der Waals surface area contributed by atoms with Crippen LogP contribution in [0.25, 0.3) is 0 Å². The number of benzene rings is 2. The highest BCUT2D eigenvalue weighted by atomic mass is 35.5. The van der Waals surface area contributed by atoms with Crippen LogP contribution in [0.3, 0.4) is 0 Å². The number of hydrogen-bond acceptors (Lipinski definition) is 4. The van der Waals surface area contributed by atoms with Gasteiger partial charge in [-0.25, -0.2) is 4.39 Å². The molecule has 144 valence electrons. The summed E-state index contributed by atoms with van der Waals surface area (Å²) in [6.45, 7) is 2.94. The van der Waals surface area contributed by atoms with Crippen LogP contribution in [-0.2, 0) is 9.59 Å². The smallest absolute Gasteiger partial charge is 0.239 e. The molecule has 0 atom stereocenters. The minimum absolute atomic E-state index is 0.129. The lowest BCUT2D eigenvalue weighted by Gasteiger charge is -2.23. The van der Waals surface area contributed by atoms with Crippen molar-refractivity contribution in [1.29, 1.82) is 0 Å². The zero-order valence-corrected chi connectivity index (χ0v) is 16.1. The molecule has 0 heterocycles. The van der Waals surface area contributed by atoms with Crippen LogP contribution in [0.1, 0.15) is 13.8 Å². The molecule has 2 aromatic carbocycles. The highest BCUT2D eigenvalue weighted by Gasteiger charge is 2.36. The van der Waals surface area contributed by atoms with Gasteiger partial charge in [0, 0.05) is 11.8 Å². The summed E-state index contributed by atoms with van der Waals surface area (Å²) < 4.78 is 23.6. The molecule has 0 saturated carbocycles. The second-order valence-electron chi connectivity index (χ2n) is 6.23. The van der Waals surface area contributed by atoms with Gasteiger partial charge in [0.1, 0.15) is 22.7 Å². The quantitative estimate of drug-likeness (QED) is 0.723. The summed E-state index contributed by atoms with van der Waals surface area (Å²) in [4.78, 5) is 25.3. The average molecular weight is 395 g/mol. The van der Waals surface area contributed by atoms with E-state index in [-0.39, 0.29) is 10.7 Å². The number of methoxy groups -OCH3 is 2. The molecule has 0 aliphatic heterocycles. The van der Waals surface area contributed by atoms with Gasteiger partial charge in [0.15, 0.2) is 0 Å². The molecule has 2 N–H and O–H groups in total. The Balaban J connectivity index is 2.18. The van der Waals surface area contributed by atoms with E-state index >= 15 is 0 Å². The maximum atomic E-state index is 13.2. The first kappa shape index (κ1) is 20.5. The number of carbonyl (C=O) groups is 2. The summed E-state index contributed by atoms with van der Waals surface area (Å²) in [6, 6.07) is 8.68. The van der Waals surface area contributed by atoms with Crippen LogP contribution in [0.4, 0.5) is 15.8 Å². The lowest BCUT2D eigenvalue weighted by Crippen LogP contribution is -2.41. The number of halogens is 2. The third-order valence-electron chi connectivity index (χ3n) is 3.97. The van der Waals surface area contributed by atoms with Crippen molar-refractivity contribution >= 4 is 34.8 Å². The standard InChI is InChI=1S/C19H20ClFN2O4/c1-19(2,17(24)22-11-5-7-14(21)13(20)9-11)18(25)23-15-10-12(26-3)6-8-16(15)27-4/h5-10H,1-4H3,(H,22,24)(H,23,25). The van der Waals surface area contributed by atoms with E-state index in [1.165, 1.54) is 40.2 Å². The van der Waals surface area contributed by atoms with Gasteiger partial charge in [-0.3, -0.25) is 9.59 Å². The van der Waals surface area contributed by atoms with Gasteiger partial charge in [-0.2, -0.15) is 0 Å². The normalized spacial score (nSPS) is 10.9. The van der Waals surface area contributed by atoms with Crippen LogP contribution in [0.2, 0.25) is 5.02 Å². The Labute approximate surface area is 161 Å². The van der Waals surface area contributed by atoms with Crippen molar-refractivity contribution in [3.8, 4) is 11.5 Å². The third kappa shape index (κ3) is 4.68. The van der Waals surface area contributed by atoms with Gasteiger partial charge in [-0.15, -0.1) is 0 Å². The molecule has 2 rings (SSSR count). The van der Waals surface area contributed by atoms with Gasteiger partial charge >= 0.3 is 0 Å². The summed E-state index contributed by atoms with van der Waals surface area (Å²) in [6.07, 6.45) is 0. The SMILES string of the molecule is COc1ccc(OC)c(NC(=O)C(C)(C)C(=O)Nc2ccc(F)c(Cl)c2)c1. The van der Waals surface area contributed by atoms with E-state index in [9.17, 15) is 14.0 Å². The molecule has 0 radical (unpaired) electrons. The molecule has 0 aliphatic rings. The van der Waals surface area contributed by atoms with E-state index in [0.717, 1.165) is 6.07 Å². The van der Waals surface area contributed by atoms with Gasteiger partial charge in [-0.05, 0) is 44.2 Å². The second-order valence-corrected chi connectivity index (χ2v) is 6.64. The van der Waals surface area contributed by atoms with Crippen molar-refractivity contribution in [2.24, 2.45) is 5.41 Å². The van der Waals surface area contributed by atoms with Crippen LogP contribution in [0.15, 0.2) is 36.4 Å². The number of nitrogens with one attached hydrogen (secondary N) is 2. The topological polar surface area (TPSA) is 76.7 Å². The van der Waals surface area contributed by atoms with E-state index in [4.69, 9.17) is 21.1 Å². The van der Waals surface area contributed by atoms with Gasteiger partial charge in [0.2, 0.25) is 11.8 Å². The number of carbonyl (C=O) groups excluding carboxylic acids is 2. The number of amides is 2. The minimum atomic E-state index is -1.44. The number of anilines is 2. The minimum Gasteiger partial charge on any atom is -0.497 e. The highest BCUT2D eigenvalue weighted by Crippen LogP contribution is 2.31. The molecular weight excluding hydrogens is 375 g/mol. The van der Waals surface area contributed by atoms with Crippen molar-refractivity contribution in [2.75, 3.05) is 24.9 Å². The van der Waals surface area contributed by atoms with Crippen molar-refractivity contribution in [1.82, 2.24) is 0 Å². The van der Waals surface area contributed by atoms with Gasteiger partial charge in [0.05, 0.1) is 24.9 Å². The number of ether oxygens (including phenoxy) is 2. The summed E-state index contributed by atoms with van der Waals surface area (Å²) in [5.41, 5.74) is -0.784. The fourth-order valence-corrected chi connectivity index (χ4v) is 2.34. The van der Waals surface area contributed by atoms with E-state index < -0.39 is 23.0 Å². The Bertz CT molecular complexity index is 871. The predicted octanol–water partition coefficient (Wildman–Crippen LogP) is 4.10. The first-order valence-electron chi connectivity index (χ1n) is 7.99. The van der Waals surface area contributed by atoms with Crippen LogP contribution in [0.5, 0.6) is 11.5 Å². The van der Waals surface area contributed by atoms with Crippen molar-refractivity contribution in [3.63, 3.8) is 0 Å². The first-order chi connectivity index (χ1) is 12.7. The third-order valence-corrected chi connectivity index (χ3v) is 4.26. The molecule has 0 bridgehead atoms. The van der Waals surface area contributed by atoms with E-state index in [1.54, 1.807) is 18.2 Å². The lowest BCUT2D eigenvalue weighted by molar-refractivity contribution is -0.135. The van der Waals surface area contributed by atoms with E-state index in [1.807, 2.05) is 0 Å².